The van der Waals surface area contributed by atoms with Gasteiger partial charge in [0.1, 0.15) is 12.4 Å². The molecule has 0 aliphatic carbocycles. The van der Waals surface area contributed by atoms with Crippen molar-refractivity contribution in [3.63, 3.8) is 0 Å². The first-order valence-electron chi connectivity index (χ1n) is 9.31. The lowest BCUT2D eigenvalue weighted by Gasteiger charge is -2.27. The Morgan fingerprint density at radius 2 is 2.11 bits per heavy atom. The van der Waals surface area contributed by atoms with Crippen molar-refractivity contribution in [1.82, 2.24) is 15.0 Å². The highest BCUT2D eigenvalue weighted by molar-refractivity contribution is 5.54. The number of halogens is 2. The van der Waals surface area contributed by atoms with Crippen LogP contribution in [0.25, 0.3) is 0 Å². The lowest BCUT2D eigenvalue weighted by Crippen LogP contribution is -2.38. The summed E-state index contributed by atoms with van der Waals surface area (Å²) >= 11 is 0. The van der Waals surface area contributed by atoms with E-state index in [9.17, 15) is 8.78 Å². The van der Waals surface area contributed by atoms with Gasteiger partial charge in [0.2, 0.25) is 5.95 Å². The van der Waals surface area contributed by atoms with Crippen LogP contribution in [-0.2, 0) is 29.1 Å². The van der Waals surface area contributed by atoms with Gasteiger partial charge in [-0.25, -0.2) is 13.8 Å². The number of nitrogens with zero attached hydrogens (tertiary/aromatic N) is 5. The summed E-state index contributed by atoms with van der Waals surface area (Å²) in [4.78, 5) is 17.1. The number of aromatic nitrogens is 3. The van der Waals surface area contributed by atoms with Crippen LogP contribution in [0.3, 0.4) is 0 Å². The van der Waals surface area contributed by atoms with E-state index in [4.69, 9.17) is 9.47 Å². The third-order valence-electron chi connectivity index (χ3n) is 4.86. The zero-order valence-corrected chi connectivity index (χ0v) is 15.8. The largest absolute Gasteiger partial charge is 0.373 e. The number of alkyl halides is 2. The summed E-state index contributed by atoms with van der Waals surface area (Å²) in [7, 11) is 1.89. The lowest BCUT2D eigenvalue weighted by molar-refractivity contribution is -0.0564. The van der Waals surface area contributed by atoms with Crippen LogP contribution in [0.4, 0.5) is 20.5 Å². The molecule has 9 heteroatoms. The van der Waals surface area contributed by atoms with Gasteiger partial charge in [0.25, 0.3) is 5.92 Å². The Kier molecular flexibility index (Phi) is 5.36. The summed E-state index contributed by atoms with van der Waals surface area (Å²) in [5.74, 6) is -1.89. The summed E-state index contributed by atoms with van der Waals surface area (Å²) < 4.78 is 38.7. The topological polar surface area (TPSA) is 63.6 Å². The molecule has 28 heavy (non-hydrogen) atoms. The van der Waals surface area contributed by atoms with Crippen LogP contribution >= 0.6 is 0 Å². The highest BCUT2D eigenvalue weighted by atomic mass is 19.3. The van der Waals surface area contributed by atoms with E-state index in [1.807, 2.05) is 30.1 Å². The van der Waals surface area contributed by atoms with Gasteiger partial charge in [-0.05, 0) is 12.1 Å². The first-order chi connectivity index (χ1) is 13.5. The number of fused-ring (bicyclic) bond motifs is 1. The molecule has 2 aliphatic rings. The van der Waals surface area contributed by atoms with Gasteiger partial charge in [0.15, 0.2) is 0 Å². The van der Waals surface area contributed by atoms with Crippen molar-refractivity contribution < 1.29 is 18.3 Å². The molecule has 4 heterocycles. The third-order valence-corrected chi connectivity index (χ3v) is 4.86. The molecule has 0 saturated carbocycles. The molecule has 0 amide bonds. The Morgan fingerprint density at radius 1 is 1.21 bits per heavy atom. The quantitative estimate of drug-likeness (QED) is 0.773. The molecule has 0 spiro atoms. The zero-order chi connectivity index (χ0) is 19.6. The van der Waals surface area contributed by atoms with Gasteiger partial charge in [0, 0.05) is 44.0 Å². The number of likely N-dealkylation sites (N-methyl/N-ethyl adjacent to an activating group) is 1. The number of pyridine rings is 1. The van der Waals surface area contributed by atoms with Crippen molar-refractivity contribution >= 4 is 11.8 Å². The molecule has 0 aromatic carbocycles. The van der Waals surface area contributed by atoms with Crippen LogP contribution in [0.1, 0.15) is 17.0 Å². The summed E-state index contributed by atoms with van der Waals surface area (Å²) in [5, 5.41) is 0. The molecular formula is C19H23F2N5O2. The van der Waals surface area contributed by atoms with Gasteiger partial charge in [0.05, 0.1) is 32.1 Å². The van der Waals surface area contributed by atoms with E-state index in [1.54, 1.807) is 11.1 Å². The standard InChI is InChI=1S/C19H23F2N5O2/c1-25(7-5-14-4-2-3-6-22-14)18-23-16-11-28-10-15(16)17(24-18)26-8-9-27-13-19(20,21)12-26/h2-4,6H,5,7-13H2,1H3. The van der Waals surface area contributed by atoms with Gasteiger partial charge in [-0.3, -0.25) is 4.98 Å². The molecule has 1 fully saturated rings. The van der Waals surface area contributed by atoms with Gasteiger partial charge < -0.3 is 19.3 Å². The van der Waals surface area contributed by atoms with E-state index < -0.39 is 19.1 Å². The molecular weight excluding hydrogens is 368 g/mol. The molecule has 0 radical (unpaired) electrons. The molecule has 0 unspecified atom stereocenters. The highest BCUT2D eigenvalue weighted by Gasteiger charge is 2.37. The average molecular weight is 391 g/mol. The maximum Gasteiger partial charge on any atom is 0.288 e. The van der Waals surface area contributed by atoms with Crippen LogP contribution in [0, 0.1) is 0 Å². The average Bonchev–Trinajstić information content (AvgIpc) is 3.09. The number of ether oxygens (including phenoxy) is 2. The second-order valence-corrected chi connectivity index (χ2v) is 7.09. The summed E-state index contributed by atoms with van der Waals surface area (Å²) in [5.41, 5.74) is 2.53. The van der Waals surface area contributed by atoms with Crippen molar-refractivity contribution in [3.8, 4) is 0 Å². The molecule has 0 N–H and O–H groups in total. The zero-order valence-electron chi connectivity index (χ0n) is 15.8. The van der Waals surface area contributed by atoms with Crippen LogP contribution in [0.15, 0.2) is 24.4 Å². The second kappa shape index (κ2) is 7.92. The maximum atomic E-state index is 14.1. The minimum atomic E-state index is -2.92. The van der Waals surface area contributed by atoms with E-state index in [-0.39, 0.29) is 6.61 Å². The van der Waals surface area contributed by atoms with E-state index in [0.29, 0.717) is 38.1 Å². The minimum Gasteiger partial charge on any atom is -0.373 e. The number of rotatable bonds is 5. The summed E-state index contributed by atoms with van der Waals surface area (Å²) in [6.45, 7) is 0.974. The van der Waals surface area contributed by atoms with E-state index >= 15 is 0 Å². The lowest BCUT2D eigenvalue weighted by atomic mass is 10.2. The van der Waals surface area contributed by atoms with Gasteiger partial charge >= 0.3 is 0 Å². The number of anilines is 2. The third kappa shape index (κ3) is 4.20. The Balaban J connectivity index is 1.58. The molecule has 150 valence electrons. The van der Waals surface area contributed by atoms with Gasteiger partial charge in [-0.2, -0.15) is 4.98 Å². The fraction of sp³-hybridized carbons (Fsp3) is 0.526. The Labute approximate surface area is 162 Å². The van der Waals surface area contributed by atoms with Crippen LogP contribution < -0.4 is 9.80 Å². The molecule has 4 rings (SSSR count). The minimum absolute atomic E-state index is 0.236. The van der Waals surface area contributed by atoms with Crippen molar-refractivity contribution in [2.45, 2.75) is 25.6 Å². The predicted molar refractivity (Wildman–Crippen MR) is 99.7 cm³/mol. The molecule has 2 aromatic heterocycles. The molecule has 1 saturated heterocycles. The van der Waals surface area contributed by atoms with E-state index in [2.05, 4.69) is 15.0 Å². The van der Waals surface area contributed by atoms with Crippen LogP contribution in [-0.4, -0.2) is 60.8 Å². The Hall–Kier alpha value is -2.39. The molecule has 7 nitrogen and oxygen atoms in total. The van der Waals surface area contributed by atoms with Gasteiger partial charge in [-0.1, -0.05) is 6.07 Å². The van der Waals surface area contributed by atoms with Gasteiger partial charge in [-0.15, -0.1) is 0 Å². The first kappa shape index (κ1) is 18.9. The SMILES string of the molecule is CN(CCc1ccccn1)c1nc2c(c(N3CCOCC(F)(F)C3)n1)COC2. The fourth-order valence-electron chi connectivity index (χ4n) is 3.36. The second-order valence-electron chi connectivity index (χ2n) is 7.09. The van der Waals surface area contributed by atoms with Crippen LogP contribution in [0.2, 0.25) is 0 Å². The summed E-state index contributed by atoms with van der Waals surface area (Å²) in [6.07, 6.45) is 2.50. The van der Waals surface area contributed by atoms with Crippen molar-refractivity contribution in [1.29, 1.82) is 0 Å². The first-order valence-corrected chi connectivity index (χ1v) is 9.31. The van der Waals surface area contributed by atoms with Crippen LogP contribution in [0.5, 0.6) is 0 Å². The van der Waals surface area contributed by atoms with Crippen molar-refractivity contribution in [2.24, 2.45) is 0 Å². The molecule has 2 aliphatic heterocycles. The van der Waals surface area contributed by atoms with Crippen molar-refractivity contribution in [3.05, 3.63) is 41.3 Å². The fourth-order valence-corrected chi connectivity index (χ4v) is 3.36. The Bertz CT molecular complexity index is 821. The monoisotopic (exact) mass is 391 g/mol. The Morgan fingerprint density at radius 3 is 2.93 bits per heavy atom. The van der Waals surface area contributed by atoms with E-state index in [0.717, 1.165) is 23.4 Å². The number of hydrogen-bond acceptors (Lipinski definition) is 7. The molecule has 0 bridgehead atoms. The number of hydrogen-bond donors (Lipinski definition) is 0. The molecule has 2 aromatic rings. The smallest absolute Gasteiger partial charge is 0.288 e. The summed E-state index contributed by atoms with van der Waals surface area (Å²) in [6, 6.07) is 5.80. The maximum absolute atomic E-state index is 14.1. The molecule has 0 atom stereocenters. The predicted octanol–water partition coefficient (Wildman–Crippen LogP) is 2.05. The van der Waals surface area contributed by atoms with E-state index in [1.165, 1.54) is 0 Å². The van der Waals surface area contributed by atoms with Crippen molar-refractivity contribution in [2.75, 3.05) is 49.7 Å². The highest BCUT2D eigenvalue weighted by Crippen LogP contribution is 2.32. The normalized spacial score (nSPS) is 18.6.